The quantitative estimate of drug-likeness (QED) is 0.322. The molecule has 0 radical (unpaired) electrons. The van der Waals surface area contributed by atoms with Gasteiger partial charge in [-0.2, -0.15) is 0 Å². The predicted molar refractivity (Wildman–Crippen MR) is 62.7 cm³/mol. The zero-order chi connectivity index (χ0) is 11.5. The van der Waals surface area contributed by atoms with Gasteiger partial charge in [0.2, 0.25) is 5.91 Å². The van der Waals surface area contributed by atoms with Crippen LogP contribution in [-0.2, 0) is 4.79 Å². The average Bonchev–Trinajstić information content (AvgIpc) is 2.24. The lowest BCUT2D eigenvalue weighted by molar-refractivity contribution is -0.119. The predicted octanol–water partition coefficient (Wildman–Crippen LogP) is 0.217. The zero-order valence-corrected chi connectivity index (χ0v) is 9.68. The summed E-state index contributed by atoms with van der Waals surface area (Å²) in [5.41, 5.74) is 5.55. The van der Waals surface area contributed by atoms with E-state index < -0.39 is 0 Å². The van der Waals surface area contributed by atoms with Gasteiger partial charge in [-0.05, 0) is 12.8 Å². The number of hydrogen-bond acceptors (Lipinski definition) is 2. The summed E-state index contributed by atoms with van der Waals surface area (Å²) in [6.45, 7) is 5.71. The molecule has 0 atom stereocenters. The largest absolute Gasteiger partial charge is 0.370 e. The fourth-order valence-electron chi connectivity index (χ4n) is 0.926. The van der Waals surface area contributed by atoms with Gasteiger partial charge >= 0.3 is 0 Å². The van der Waals surface area contributed by atoms with Gasteiger partial charge in [0, 0.05) is 13.1 Å². The van der Waals surface area contributed by atoms with Crippen molar-refractivity contribution in [2.24, 2.45) is 10.7 Å². The number of hydrogen-bond donors (Lipinski definition) is 3. The third-order valence-corrected chi connectivity index (χ3v) is 1.80. The summed E-state index contributed by atoms with van der Waals surface area (Å²) < 4.78 is 0. The number of nitrogens with two attached hydrogens (primary N) is 1. The SMILES string of the molecule is CCCCNC(N)=NCC(=O)NCCC. The molecule has 88 valence electrons. The summed E-state index contributed by atoms with van der Waals surface area (Å²) in [6, 6.07) is 0. The van der Waals surface area contributed by atoms with E-state index in [1.807, 2.05) is 6.92 Å². The highest BCUT2D eigenvalue weighted by Gasteiger charge is 1.98. The fourth-order valence-corrected chi connectivity index (χ4v) is 0.926. The third-order valence-electron chi connectivity index (χ3n) is 1.80. The second-order valence-electron chi connectivity index (χ2n) is 3.33. The first kappa shape index (κ1) is 13.7. The van der Waals surface area contributed by atoms with E-state index in [0.717, 1.165) is 25.8 Å². The maximum absolute atomic E-state index is 11.1. The summed E-state index contributed by atoms with van der Waals surface area (Å²) in [4.78, 5) is 15.1. The molecule has 0 saturated heterocycles. The Hall–Kier alpha value is -1.26. The van der Waals surface area contributed by atoms with E-state index >= 15 is 0 Å². The molecule has 0 saturated carbocycles. The van der Waals surface area contributed by atoms with Crippen LogP contribution in [0.5, 0.6) is 0 Å². The van der Waals surface area contributed by atoms with Crippen LogP contribution in [0.1, 0.15) is 33.1 Å². The van der Waals surface area contributed by atoms with Crippen molar-refractivity contribution in [3.05, 3.63) is 0 Å². The molecule has 0 aliphatic rings. The van der Waals surface area contributed by atoms with Gasteiger partial charge in [0.1, 0.15) is 6.54 Å². The van der Waals surface area contributed by atoms with Crippen molar-refractivity contribution in [2.45, 2.75) is 33.1 Å². The van der Waals surface area contributed by atoms with Crippen LogP contribution in [0.25, 0.3) is 0 Å². The van der Waals surface area contributed by atoms with E-state index in [0.29, 0.717) is 12.5 Å². The van der Waals surface area contributed by atoms with Crippen molar-refractivity contribution < 1.29 is 4.79 Å². The van der Waals surface area contributed by atoms with Gasteiger partial charge < -0.3 is 16.4 Å². The summed E-state index contributed by atoms with van der Waals surface area (Å²) >= 11 is 0. The van der Waals surface area contributed by atoms with Crippen LogP contribution in [0, 0.1) is 0 Å². The number of unbranched alkanes of at least 4 members (excludes halogenated alkanes) is 1. The van der Waals surface area contributed by atoms with Crippen LogP contribution in [0.15, 0.2) is 4.99 Å². The van der Waals surface area contributed by atoms with Crippen LogP contribution in [0.4, 0.5) is 0 Å². The lowest BCUT2D eigenvalue weighted by atomic mass is 10.3. The first-order chi connectivity index (χ1) is 7.20. The lowest BCUT2D eigenvalue weighted by Gasteiger charge is -2.04. The van der Waals surface area contributed by atoms with Crippen LogP contribution in [-0.4, -0.2) is 31.5 Å². The molecular formula is C10H22N4O. The normalized spacial score (nSPS) is 11.2. The molecule has 5 heteroatoms. The summed E-state index contributed by atoms with van der Waals surface area (Å²) in [7, 11) is 0. The highest BCUT2D eigenvalue weighted by Crippen LogP contribution is 1.81. The van der Waals surface area contributed by atoms with Gasteiger partial charge in [-0.3, -0.25) is 4.79 Å². The molecule has 0 unspecified atom stereocenters. The lowest BCUT2D eigenvalue weighted by Crippen LogP contribution is -2.34. The Morgan fingerprint density at radius 2 is 1.93 bits per heavy atom. The van der Waals surface area contributed by atoms with Crippen LogP contribution < -0.4 is 16.4 Å². The van der Waals surface area contributed by atoms with E-state index in [1.54, 1.807) is 0 Å². The number of rotatable bonds is 7. The van der Waals surface area contributed by atoms with E-state index in [-0.39, 0.29) is 12.5 Å². The molecule has 0 aliphatic carbocycles. The topological polar surface area (TPSA) is 79.5 Å². The molecule has 0 rings (SSSR count). The Morgan fingerprint density at radius 1 is 1.20 bits per heavy atom. The van der Waals surface area contributed by atoms with Crippen molar-refractivity contribution in [1.29, 1.82) is 0 Å². The van der Waals surface area contributed by atoms with Crippen molar-refractivity contribution in [2.75, 3.05) is 19.6 Å². The molecule has 1 amide bonds. The van der Waals surface area contributed by atoms with Gasteiger partial charge in [-0.1, -0.05) is 20.3 Å². The van der Waals surface area contributed by atoms with Crippen molar-refractivity contribution in [3.63, 3.8) is 0 Å². The third kappa shape index (κ3) is 9.05. The Labute approximate surface area is 91.5 Å². The zero-order valence-electron chi connectivity index (χ0n) is 9.68. The van der Waals surface area contributed by atoms with Gasteiger partial charge in [0.15, 0.2) is 5.96 Å². The number of carbonyl (C=O) groups excluding carboxylic acids is 1. The summed E-state index contributed by atoms with van der Waals surface area (Å²) in [6.07, 6.45) is 3.09. The van der Waals surface area contributed by atoms with Crippen LogP contribution >= 0.6 is 0 Å². The number of amides is 1. The second-order valence-corrected chi connectivity index (χ2v) is 3.33. The first-order valence-corrected chi connectivity index (χ1v) is 5.51. The van der Waals surface area contributed by atoms with Gasteiger partial charge in [-0.25, -0.2) is 4.99 Å². The second kappa shape index (κ2) is 9.30. The number of aliphatic imine (C=N–C) groups is 1. The minimum atomic E-state index is -0.0860. The number of nitrogens with one attached hydrogen (secondary N) is 2. The average molecular weight is 214 g/mol. The van der Waals surface area contributed by atoms with Gasteiger partial charge in [0.05, 0.1) is 0 Å². The molecule has 0 aromatic carbocycles. The van der Waals surface area contributed by atoms with Crippen LogP contribution in [0.3, 0.4) is 0 Å². The molecular weight excluding hydrogens is 192 g/mol. The number of guanidine groups is 1. The molecule has 0 heterocycles. The smallest absolute Gasteiger partial charge is 0.241 e. The first-order valence-electron chi connectivity index (χ1n) is 5.51. The molecule has 0 aromatic rings. The number of nitrogens with zero attached hydrogens (tertiary/aromatic N) is 1. The maximum atomic E-state index is 11.1. The molecule has 5 nitrogen and oxygen atoms in total. The number of carbonyl (C=O) groups is 1. The maximum Gasteiger partial charge on any atom is 0.241 e. The Bertz CT molecular complexity index is 204. The van der Waals surface area contributed by atoms with Crippen molar-refractivity contribution in [3.8, 4) is 0 Å². The van der Waals surface area contributed by atoms with Crippen molar-refractivity contribution >= 4 is 11.9 Å². The van der Waals surface area contributed by atoms with E-state index in [2.05, 4.69) is 22.5 Å². The summed E-state index contributed by atoms with van der Waals surface area (Å²) in [5, 5.41) is 5.67. The molecule has 0 fully saturated rings. The molecule has 0 bridgehead atoms. The van der Waals surface area contributed by atoms with Crippen LogP contribution in [0.2, 0.25) is 0 Å². The molecule has 15 heavy (non-hydrogen) atoms. The van der Waals surface area contributed by atoms with Crippen molar-refractivity contribution in [1.82, 2.24) is 10.6 Å². The summed E-state index contributed by atoms with van der Waals surface area (Å²) in [5.74, 6) is 0.257. The van der Waals surface area contributed by atoms with E-state index in [4.69, 9.17) is 5.73 Å². The monoisotopic (exact) mass is 214 g/mol. The Kier molecular flexibility index (Phi) is 8.52. The van der Waals surface area contributed by atoms with Gasteiger partial charge in [0.25, 0.3) is 0 Å². The minimum absolute atomic E-state index is 0.0860. The molecule has 4 N–H and O–H groups in total. The standard InChI is InChI=1S/C10H22N4O/c1-3-5-7-13-10(11)14-8-9(15)12-6-4-2/h3-8H2,1-2H3,(H,12,15)(H3,11,13,14). The van der Waals surface area contributed by atoms with Gasteiger partial charge in [-0.15, -0.1) is 0 Å². The Morgan fingerprint density at radius 3 is 2.53 bits per heavy atom. The molecule has 0 aromatic heterocycles. The Balaban J connectivity index is 3.59. The fraction of sp³-hybridized carbons (Fsp3) is 0.800. The highest BCUT2D eigenvalue weighted by molar-refractivity contribution is 5.83. The van der Waals surface area contributed by atoms with E-state index in [9.17, 15) is 4.79 Å². The molecule has 0 spiro atoms. The molecule has 0 aliphatic heterocycles. The van der Waals surface area contributed by atoms with E-state index in [1.165, 1.54) is 0 Å². The minimum Gasteiger partial charge on any atom is -0.370 e. The highest BCUT2D eigenvalue weighted by atomic mass is 16.1.